The number of benzene rings is 3. The standard InChI is InChI=1S/C22H23N3O2/c1-2-17-13-25(20-12-16(23)10-11-21(20)27-17)14-22(26)24-19-9-5-7-15-6-3-4-8-18(15)19/h3-12,17H,2,13-14,23H2,1H3,(H,24,26). The number of hydrogen-bond donors (Lipinski definition) is 2. The van der Waals surface area contributed by atoms with E-state index in [1.54, 1.807) is 0 Å². The summed E-state index contributed by atoms with van der Waals surface area (Å²) in [6.07, 6.45) is 0.942. The van der Waals surface area contributed by atoms with Crippen molar-refractivity contribution in [1.82, 2.24) is 0 Å². The van der Waals surface area contributed by atoms with E-state index in [4.69, 9.17) is 10.5 Å². The van der Waals surface area contributed by atoms with Crippen molar-refractivity contribution in [2.75, 3.05) is 29.0 Å². The van der Waals surface area contributed by atoms with Crippen LogP contribution >= 0.6 is 0 Å². The molecule has 1 aliphatic heterocycles. The number of nitrogens with zero attached hydrogens (tertiary/aromatic N) is 1. The van der Waals surface area contributed by atoms with Crippen molar-refractivity contribution in [2.45, 2.75) is 19.4 Å². The van der Waals surface area contributed by atoms with Crippen LogP contribution in [0, 0.1) is 0 Å². The fraction of sp³-hybridized carbons (Fsp3) is 0.227. The first kappa shape index (κ1) is 17.2. The van der Waals surface area contributed by atoms with Gasteiger partial charge in [0.05, 0.1) is 18.8 Å². The number of fused-ring (bicyclic) bond motifs is 2. The molecular formula is C22H23N3O2. The van der Waals surface area contributed by atoms with Crippen LogP contribution in [0.4, 0.5) is 17.1 Å². The van der Waals surface area contributed by atoms with E-state index < -0.39 is 0 Å². The van der Waals surface area contributed by atoms with Gasteiger partial charge < -0.3 is 20.7 Å². The van der Waals surface area contributed by atoms with Gasteiger partial charge in [-0.25, -0.2) is 0 Å². The molecule has 0 fully saturated rings. The summed E-state index contributed by atoms with van der Waals surface area (Å²) in [6.45, 7) is 3.00. The number of carbonyl (C=O) groups is 1. The van der Waals surface area contributed by atoms with Crippen LogP contribution in [0.15, 0.2) is 60.7 Å². The molecule has 0 saturated heterocycles. The number of rotatable bonds is 4. The van der Waals surface area contributed by atoms with Crippen LogP contribution < -0.4 is 20.7 Å². The molecule has 0 spiro atoms. The lowest BCUT2D eigenvalue weighted by Gasteiger charge is -2.35. The molecule has 0 radical (unpaired) electrons. The van der Waals surface area contributed by atoms with E-state index >= 15 is 0 Å². The van der Waals surface area contributed by atoms with Gasteiger partial charge >= 0.3 is 0 Å². The largest absolute Gasteiger partial charge is 0.486 e. The summed E-state index contributed by atoms with van der Waals surface area (Å²) in [5, 5.41) is 5.19. The molecule has 3 aromatic carbocycles. The van der Waals surface area contributed by atoms with E-state index in [-0.39, 0.29) is 18.6 Å². The second-order valence-electron chi connectivity index (χ2n) is 6.83. The molecule has 1 amide bonds. The maximum Gasteiger partial charge on any atom is 0.243 e. The lowest BCUT2D eigenvalue weighted by molar-refractivity contribution is -0.115. The number of carbonyl (C=O) groups excluding carboxylic acids is 1. The number of nitrogen functional groups attached to an aromatic ring is 1. The number of nitrogens with one attached hydrogen (secondary N) is 1. The first-order valence-corrected chi connectivity index (χ1v) is 9.23. The molecule has 5 nitrogen and oxygen atoms in total. The van der Waals surface area contributed by atoms with Gasteiger partial charge in [0, 0.05) is 16.8 Å². The van der Waals surface area contributed by atoms with E-state index in [1.165, 1.54) is 0 Å². The lowest BCUT2D eigenvalue weighted by atomic mass is 10.1. The molecule has 1 aliphatic rings. The van der Waals surface area contributed by atoms with Gasteiger partial charge in [0.2, 0.25) is 5.91 Å². The highest BCUT2D eigenvalue weighted by Gasteiger charge is 2.26. The average Bonchev–Trinajstić information content (AvgIpc) is 2.68. The molecular weight excluding hydrogens is 338 g/mol. The zero-order valence-electron chi connectivity index (χ0n) is 15.3. The number of ether oxygens (including phenoxy) is 1. The second-order valence-corrected chi connectivity index (χ2v) is 6.83. The van der Waals surface area contributed by atoms with E-state index in [0.717, 1.165) is 34.3 Å². The third-order valence-corrected chi connectivity index (χ3v) is 4.89. The van der Waals surface area contributed by atoms with E-state index in [2.05, 4.69) is 12.2 Å². The lowest BCUT2D eigenvalue weighted by Crippen LogP contribution is -2.43. The van der Waals surface area contributed by atoms with Gasteiger partial charge in [-0.2, -0.15) is 0 Å². The summed E-state index contributed by atoms with van der Waals surface area (Å²) < 4.78 is 5.99. The molecule has 0 bridgehead atoms. The van der Waals surface area contributed by atoms with Crippen LogP contribution in [0.5, 0.6) is 5.75 Å². The Morgan fingerprint density at radius 1 is 1.19 bits per heavy atom. The number of nitrogens with two attached hydrogens (primary N) is 1. The Morgan fingerprint density at radius 2 is 2.00 bits per heavy atom. The highest BCUT2D eigenvalue weighted by molar-refractivity contribution is 6.03. The molecule has 27 heavy (non-hydrogen) atoms. The van der Waals surface area contributed by atoms with Crippen molar-refractivity contribution in [1.29, 1.82) is 0 Å². The minimum Gasteiger partial charge on any atom is -0.486 e. The SMILES string of the molecule is CCC1CN(CC(=O)Nc2cccc3ccccc23)c2cc(N)ccc2O1. The fourth-order valence-electron chi connectivity index (χ4n) is 3.50. The monoisotopic (exact) mass is 361 g/mol. The third kappa shape index (κ3) is 3.53. The predicted molar refractivity (Wildman–Crippen MR) is 110 cm³/mol. The number of anilines is 3. The average molecular weight is 361 g/mol. The van der Waals surface area contributed by atoms with Crippen LogP contribution in [-0.2, 0) is 4.79 Å². The van der Waals surface area contributed by atoms with Crippen molar-refractivity contribution < 1.29 is 9.53 Å². The van der Waals surface area contributed by atoms with Gasteiger partial charge in [0.25, 0.3) is 0 Å². The topological polar surface area (TPSA) is 67.6 Å². The Balaban J connectivity index is 1.56. The van der Waals surface area contributed by atoms with Crippen LogP contribution in [0.1, 0.15) is 13.3 Å². The molecule has 1 unspecified atom stereocenters. The minimum atomic E-state index is -0.0588. The quantitative estimate of drug-likeness (QED) is 0.688. The normalized spacial score (nSPS) is 15.9. The summed E-state index contributed by atoms with van der Waals surface area (Å²) >= 11 is 0. The van der Waals surface area contributed by atoms with Crippen molar-refractivity contribution >= 4 is 33.7 Å². The molecule has 3 N–H and O–H groups in total. The molecule has 0 aromatic heterocycles. The smallest absolute Gasteiger partial charge is 0.243 e. The molecule has 0 aliphatic carbocycles. The van der Waals surface area contributed by atoms with Gasteiger partial charge in [-0.1, -0.05) is 43.3 Å². The first-order chi connectivity index (χ1) is 13.1. The van der Waals surface area contributed by atoms with E-state index in [1.807, 2.05) is 65.6 Å². The zero-order valence-corrected chi connectivity index (χ0v) is 15.3. The third-order valence-electron chi connectivity index (χ3n) is 4.89. The second kappa shape index (κ2) is 7.19. The molecule has 1 atom stereocenters. The fourth-order valence-corrected chi connectivity index (χ4v) is 3.50. The Labute approximate surface area is 158 Å². The maximum absolute atomic E-state index is 12.8. The first-order valence-electron chi connectivity index (χ1n) is 9.23. The zero-order chi connectivity index (χ0) is 18.8. The summed E-state index contributed by atoms with van der Waals surface area (Å²) in [5.74, 6) is 0.719. The predicted octanol–water partition coefficient (Wildman–Crippen LogP) is 4.04. The van der Waals surface area contributed by atoms with Gasteiger partial charge in [-0.05, 0) is 36.1 Å². The van der Waals surface area contributed by atoms with Crippen LogP contribution in [-0.4, -0.2) is 25.1 Å². The maximum atomic E-state index is 12.8. The highest BCUT2D eigenvalue weighted by atomic mass is 16.5. The van der Waals surface area contributed by atoms with Crippen molar-refractivity contribution in [3.05, 3.63) is 60.7 Å². The summed E-state index contributed by atoms with van der Waals surface area (Å²) in [4.78, 5) is 14.8. The molecule has 138 valence electrons. The van der Waals surface area contributed by atoms with Gasteiger partial charge in [0.1, 0.15) is 11.9 Å². The highest BCUT2D eigenvalue weighted by Crippen LogP contribution is 2.35. The van der Waals surface area contributed by atoms with E-state index in [0.29, 0.717) is 12.2 Å². The summed E-state index contributed by atoms with van der Waals surface area (Å²) in [6, 6.07) is 19.5. The van der Waals surface area contributed by atoms with Crippen molar-refractivity contribution in [3.8, 4) is 5.75 Å². The van der Waals surface area contributed by atoms with Crippen LogP contribution in [0.2, 0.25) is 0 Å². The Bertz CT molecular complexity index is 981. The molecule has 4 rings (SSSR count). The Kier molecular flexibility index (Phi) is 4.59. The number of hydrogen-bond acceptors (Lipinski definition) is 4. The minimum absolute atomic E-state index is 0.0588. The Morgan fingerprint density at radius 3 is 2.85 bits per heavy atom. The van der Waals surface area contributed by atoms with Crippen molar-refractivity contribution in [3.63, 3.8) is 0 Å². The Hall–Kier alpha value is -3.21. The van der Waals surface area contributed by atoms with Crippen LogP contribution in [0.3, 0.4) is 0 Å². The number of amides is 1. The molecule has 3 aromatic rings. The van der Waals surface area contributed by atoms with Gasteiger partial charge in [-0.15, -0.1) is 0 Å². The summed E-state index contributed by atoms with van der Waals surface area (Å²) in [7, 11) is 0. The van der Waals surface area contributed by atoms with Crippen LogP contribution in [0.25, 0.3) is 10.8 Å². The molecule has 5 heteroatoms. The molecule has 0 saturated carbocycles. The summed E-state index contributed by atoms with van der Waals surface area (Å²) in [5.41, 5.74) is 8.30. The van der Waals surface area contributed by atoms with Crippen molar-refractivity contribution in [2.24, 2.45) is 0 Å². The van der Waals surface area contributed by atoms with Gasteiger partial charge in [-0.3, -0.25) is 4.79 Å². The molecule has 1 heterocycles. The van der Waals surface area contributed by atoms with Gasteiger partial charge in [0.15, 0.2) is 0 Å². The van der Waals surface area contributed by atoms with E-state index in [9.17, 15) is 4.79 Å².